The zero-order valence-corrected chi connectivity index (χ0v) is 24.3. The Bertz CT molecular complexity index is 1540. The second-order valence-corrected chi connectivity index (χ2v) is 12.6. The number of nitrogens with zero attached hydrogens (tertiary/aromatic N) is 2. The maximum absolute atomic E-state index is 14.9. The van der Waals surface area contributed by atoms with Crippen molar-refractivity contribution in [3.05, 3.63) is 101 Å². The molecule has 7 nitrogen and oxygen atoms in total. The maximum atomic E-state index is 14.9. The molecule has 1 fully saturated rings. The number of likely N-dealkylation sites (tertiary alicyclic amines) is 1. The van der Waals surface area contributed by atoms with Gasteiger partial charge in [0.25, 0.3) is 0 Å². The lowest BCUT2D eigenvalue weighted by Gasteiger charge is -2.44. The van der Waals surface area contributed by atoms with Crippen LogP contribution >= 0.6 is 0 Å². The van der Waals surface area contributed by atoms with Crippen molar-refractivity contribution in [1.29, 1.82) is 0 Å². The van der Waals surface area contributed by atoms with Gasteiger partial charge in [-0.3, -0.25) is 9.59 Å². The minimum atomic E-state index is -3.46. The number of sulfonamides is 1. The molecule has 3 aromatic rings. The van der Waals surface area contributed by atoms with Gasteiger partial charge in [0.2, 0.25) is 10.0 Å². The van der Waals surface area contributed by atoms with Gasteiger partial charge in [0, 0.05) is 56.5 Å². The number of halogens is 2. The summed E-state index contributed by atoms with van der Waals surface area (Å²) in [4.78, 5) is 30.1. The van der Waals surface area contributed by atoms with Crippen molar-refractivity contribution in [2.45, 2.75) is 12.8 Å². The molecule has 0 amide bonds. The summed E-state index contributed by atoms with van der Waals surface area (Å²) in [6, 6.07) is 16.9. The van der Waals surface area contributed by atoms with Crippen molar-refractivity contribution in [3.63, 3.8) is 0 Å². The van der Waals surface area contributed by atoms with Crippen molar-refractivity contribution in [3.8, 4) is 5.75 Å². The van der Waals surface area contributed by atoms with Gasteiger partial charge >= 0.3 is 0 Å². The molecule has 0 spiro atoms. The molecule has 3 aromatic carbocycles. The lowest BCUT2D eigenvalue weighted by molar-refractivity contribution is 0.0563. The second kappa shape index (κ2) is 12.6. The number of ether oxygens (including phenoxy) is 1. The van der Waals surface area contributed by atoms with Gasteiger partial charge in [0.15, 0.2) is 11.6 Å². The zero-order chi connectivity index (χ0) is 29.9. The third kappa shape index (κ3) is 6.72. The van der Waals surface area contributed by atoms with Crippen LogP contribution in [0.5, 0.6) is 5.75 Å². The number of piperidine rings is 1. The number of Topliss-reactive ketones (excluding diaryl/α,β-unsaturated/α-hetero) is 2. The Morgan fingerprint density at radius 3 is 2.24 bits per heavy atom. The minimum Gasteiger partial charge on any atom is -0.497 e. The molecular weight excluding hydrogens is 550 g/mol. The van der Waals surface area contributed by atoms with Crippen molar-refractivity contribution in [2.24, 2.45) is 11.8 Å². The van der Waals surface area contributed by atoms with Crippen LogP contribution in [0.3, 0.4) is 0 Å². The summed E-state index contributed by atoms with van der Waals surface area (Å²) in [7, 11) is -0.509. The average molecular weight is 585 g/mol. The molecule has 0 aliphatic carbocycles. The van der Waals surface area contributed by atoms with E-state index in [-0.39, 0.29) is 37.5 Å². The number of ketones is 2. The number of hydrogen-bond donors (Lipinski definition) is 0. The Kier molecular flexibility index (Phi) is 9.36. The smallest absolute Gasteiger partial charge is 0.210 e. The third-order valence-electron chi connectivity index (χ3n) is 7.91. The molecule has 218 valence electrons. The van der Waals surface area contributed by atoms with Gasteiger partial charge in [-0.15, -0.1) is 0 Å². The molecule has 41 heavy (non-hydrogen) atoms. The molecular formula is C31H34F2N2O5S. The van der Waals surface area contributed by atoms with E-state index in [9.17, 15) is 26.8 Å². The predicted octanol–water partition coefficient (Wildman–Crippen LogP) is 4.57. The second-order valence-electron chi connectivity index (χ2n) is 10.5. The standard InChI is InChI=1S/C31H34F2N2O5S/c1-20-23(12-8-14-27(20)32)29-25(30(36)21-9-7-10-22(17-21)40-3)18-35(16-15-34(2)41(4,38)39)19-26(29)31(37)24-11-5-6-13-28(24)33/h5-14,17,25-26,29H,15-16,18-19H2,1-4H3. The number of hydrogen-bond acceptors (Lipinski definition) is 6. The quantitative estimate of drug-likeness (QED) is 0.325. The molecule has 0 saturated carbocycles. The number of rotatable bonds is 10. The van der Waals surface area contributed by atoms with Gasteiger partial charge in [0.1, 0.15) is 17.4 Å². The Balaban J connectivity index is 1.85. The third-order valence-corrected chi connectivity index (χ3v) is 9.22. The maximum Gasteiger partial charge on any atom is 0.210 e. The monoisotopic (exact) mass is 584 g/mol. The molecule has 3 unspecified atom stereocenters. The average Bonchev–Trinajstić information content (AvgIpc) is 2.96. The van der Waals surface area contributed by atoms with Gasteiger partial charge in [-0.05, 0) is 48.4 Å². The van der Waals surface area contributed by atoms with Crippen molar-refractivity contribution in [2.75, 3.05) is 46.6 Å². The van der Waals surface area contributed by atoms with Crippen LogP contribution in [-0.4, -0.2) is 75.8 Å². The molecule has 0 N–H and O–H groups in total. The van der Waals surface area contributed by atoms with Crippen LogP contribution in [0, 0.1) is 30.4 Å². The van der Waals surface area contributed by atoms with E-state index < -0.39 is 45.2 Å². The van der Waals surface area contributed by atoms with E-state index in [0.29, 0.717) is 22.4 Å². The highest BCUT2D eigenvalue weighted by molar-refractivity contribution is 7.88. The minimum absolute atomic E-state index is 0.112. The SMILES string of the molecule is COc1cccc(C(=O)C2CN(CCN(C)S(C)(=O)=O)CC(C(=O)c3ccccc3F)C2c2cccc(F)c2C)c1. The lowest BCUT2D eigenvalue weighted by Crippen LogP contribution is -2.52. The zero-order valence-electron chi connectivity index (χ0n) is 23.5. The first kappa shape index (κ1) is 30.5. The highest BCUT2D eigenvalue weighted by atomic mass is 32.2. The fourth-order valence-electron chi connectivity index (χ4n) is 5.53. The molecule has 0 radical (unpaired) electrons. The predicted molar refractivity (Wildman–Crippen MR) is 153 cm³/mol. The molecule has 1 heterocycles. The van der Waals surface area contributed by atoms with Crippen molar-refractivity contribution in [1.82, 2.24) is 9.21 Å². The van der Waals surface area contributed by atoms with E-state index in [1.807, 2.05) is 4.90 Å². The first-order valence-corrected chi connectivity index (χ1v) is 15.1. The van der Waals surface area contributed by atoms with E-state index in [4.69, 9.17) is 4.74 Å². The highest BCUT2D eigenvalue weighted by Gasteiger charge is 2.46. The summed E-state index contributed by atoms with van der Waals surface area (Å²) in [5.41, 5.74) is 1.08. The number of benzene rings is 3. The number of methoxy groups -OCH3 is 1. The van der Waals surface area contributed by atoms with Crippen LogP contribution in [0.15, 0.2) is 66.7 Å². The van der Waals surface area contributed by atoms with Gasteiger partial charge in [-0.25, -0.2) is 21.5 Å². The first-order chi connectivity index (χ1) is 19.4. The van der Waals surface area contributed by atoms with Gasteiger partial charge in [0.05, 0.1) is 18.9 Å². The van der Waals surface area contributed by atoms with Gasteiger partial charge < -0.3 is 9.64 Å². The summed E-state index contributed by atoms with van der Waals surface area (Å²) < 4.78 is 60.4. The van der Waals surface area contributed by atoms with Gasteiger partial charge in [-0.1, -0.05) is 36.4 Å². The fraction of sp³-hybridized carbons (Fsp3) is 0.355. The Hall–Kier alpha value is -3.47. The molecule has 1 aliphatic rings. The Labute approximate surface area is 239 Å². The van der Waals surface area contributed by atoms with E-state index in [1.54, 1.807) is 49.4 Å². The van der Waals surface area contributed by atoms with Crippen molar-refractivity contribution >= 4 is 21.6 Å². The molecule has 10 heteroatoms. The normalized spacial score (nSPS) is 19.7. The van der Waals surface area contributed by atoms with Crippen molar-refractivity contribution < 1.29 is 31.5 Å². The van der Waals surface area contributed by atoms with Crippen LogP contribution in [0.2, 0.25) is 0 Å². The van der Waals surface area contributed by atoms with Gasteiger partial charge in [-0.2, -0.15) is 0 Å². The summed E-state index contributed by atoms with van der Waals surface area (Å²) in [5.74, 6) is -3.94. The van der Waals surface area contributed by atoms with Crippen LogP contribution in [0.25, 0.3) is 0 Å². The largest absolute Gasteiger partial charge is 0.497 e. The number of likely N-dealkylation sites (N-methyl/N-ethyl adjacent to an activating group) is 1. The highest BCUT2D eigenvalue weighted by Crippen LogP contribution is 2.42. The molecule has 1 saturated heterocycles. The Morgan fingerprint density at radius 1 is 0.951 bits per heavy atom. The van der Waals surface area contributed by atoms with E-state index in [2.05, 4.69) is 0 Å². The first-order valence-electron chi connectivity index (χ1n) is 13.3. The molecule has 1 aliphatic heterocycles. The van der Waals surface area contributed by atoms with Crippen LogP contribution in [0.1, 0.15) is 37.8 Å². The molecule has 4 rings (SSSR count). The summed E-state index contributed by atoms with van der Waals surface area (Å²) >= 11 is 0. The van der Waals surface area contributed by atoms with Crippen LogP contribution < -0.4 is 4.74 Å². The summed E-state index contributed by atoms with van der Waals surface area (Å²) in [5, 5.41) is 0. The lowest BCUT2D eigenvalue weighted by atomic mass is 9.67. The molecule has 0 aromatic heterocycles. The fourth-order valence-corrected chi connectivity index (χ4v) is 5.94. The van der Waals surface area contributed by atoms with E-state index in [0.717, 1.165) is 6.26 Å². The molecule has 0 bridgehead atoms. The Morgan fingerprint density at radius 2 is 1.59 bits per heavy atom. The van der Waals surface area contributed by atoms with E-state index >= 15 is 0 Å². The molecule has 3 atom stereocenters. The summed E-state index contributed by atoms with van der Waals surface area (Å²) in [6.07, 6.45) is 1.10. The number of carbonyl (C=O) groups is 2. The van der Waals surface area contributed by atoms with Crippen LogP contribution in [0.4, 0.5) is 8.78 Å². The van der Waals surface area contributed by atoms with Crippen LogP contribution in [-0.2, 0) is 10.0 Å². The topological polar surface area (TPSA) is 84.0 Å². The van der Waals surface area contributed by atoms with E-state index in [1.165, 1.54) is 42.7 Å². The summed E-state index contributed by atoms with van der Waals surface area (Å²) in [6.45, 7) is 2.29. The number of carbonyl (C=O) groups excluding carboxylic acids is 2.